The first-order valence-corrected chi connectivity index (χ1v) is 9.04. The van der Waals surface area contributed by atoms with Crippen molar-refractivity contribution in [2.75, 3.05) is 0 Å². The Morgan fingerprint density at radius 2 is 1.73 bits per heavy atom. The number of halogens is 1. The summed E-state index contributed by atoms with van der Waals surface area (Å²) in [6.07, 6.45) is 0. The smallest absolute Gasteiger partial charge is 0.158 e. The molecule has 0 radical (unpaired) electrons. The van der Waals surface area contributed by atoms with Crippen LogP contribution in [0.5, 0.6) is 0 Å². The monoisotopic (exact) mass is 344 g/mol. The van der Waals surface area contributed by atoms with Crippen LogP contribution in [0.1, 0.15) is 0 Å². The minimum atomic E-state index is -0.233. The highest BCUT2D eigenvalue weighted by atomic mass is 32.2. The van der Waals surface area contributed by atoms with Gasteiger partial charge in [-0.15, -0.1) is 22.7 Å². The van der Waals surface area contributed by atoms with Crippen molar-refractivity contribution >= 4 is 44.7 Å². The third-order valence-corrected chi connectivity index (χ3v) is 6.11. The molecule has 0 amide bonds. The van der Waals surface area contributed by atoms with Gasteiger partial charge in [-0.25, -0.2) is 14.4 Å². The lowest BCUT2D eigenvalue weighted by Gasteiger charge is -1.95. The number of nitrogens with zero attached hydrogens (tertiary/aromatic N) is 2. The number of benzene rings is 2. The standard InChI is InChI=1S/C16H9FN2S3/c17-11-7-5-10(6-8-11)13-9-20-15(19-13)22-16-18-12-3-1-2-4-14(12)21-16/h1-9H. The predicted molar refractivity (Wildman–Crippen MR) is 91.3 cm³/mol. The molecule has 2 aromatic carbocycles. The van der Waals surface area contributed by atoms with Gasteiger partial charge < -0.3 is 0 Å². The van der Waals surface area contributed by atoms with Crippen molar-refractivity contribution in [3.8, 4) is 11.3 Å². The molecule has 108 valence electrons. The van der Waals surface area contributed by atoms with Crippen molar-refractivity contribution in [2.45, 2.75) is 8.68 Å². The van der Waals surface area contributed by atoms with Crippen molar-refractivity contribution in [1.29, 1.82) is 0 Å². The highest BCUT2D eigenvalue weighted by Crippen LogP contribution is 2.37. The normalized spacial score (nSPS) is 11.1. The van der Waals surface area contributed by atoms with E-state index < -0.39 is 0 Å². The second-order valence-corrected chi connectivity index (χ2v) is 7.94. The molecule has 0 aliphatic carbocycles. The Balaban J connectivity index is 1.60. The zero-order valence-electron chi connectivity index (χ0n) is 11.2. The van der Waals surface area contributed by atoms with Crippen LogP contribution in [0.3, 0.4) is 0 Å². The second-order valence-electron chi connectivity index (χ2n) is 4.56. The fraction of sp³-hybridized carbons (Fsp3) is 0. The molecule has 4 rings (SSSR count). The first-order valence-electron chi connectivity index (χ1n) is 6.53. The zero-order chi connectivity index (χ0) is 14.9. The molecule has 22 heavy (non-hydrogen) atoms. The van der Waals surface area contributed by atoms with Crippen molar-refractivity contribution < 1.29 is 4.39 Å². The van der Waals surface area contributed by atoms with Gasteiger partial charge in [-0.05, 0) is 48.2 Å². The van der Waals surface area contributed by atoms with E-state index in [1.54, 1.807) is 46.6 Å². The van der Waals surface area contributed by atoms with Crippen LogP contribution in [0.15, 0.2) is 62.6 Å². The molecular formula is C16H9FN2S3. The molecule has 4 aromatic rings. The predicted octanol–water partition coefficient (Wildman–Crippen LogP) is 5.71. The number of hydrogen-bond donors (Lipinski definition) is 0. The van der Waals surface area contributed by atoms with Crippen LogP contribution in [0.4, 0.5) is 4.39 Å². The zero-order valence-corrected chi connectivity index (χ0v) is 13.6. The summed E-state index contributed by atoms with van der Waals surface area (Å²) in [5, 5.41) is 1.99. The molecule has 0 bridgehead atoms. The van der Waals surface area contributed by atoms with Gasteiger partial charge in [0, 0.05) is 10.9 Å². The molecule has 2 nitrogen and oxygen atoms in total. The maximum absolute atomic E-state index is 13.0. The lowest BCUT2D eigenvalue weighted by Crippen LogP contribution is -1.79. The Labute approximate surface area is 138 Å². The van der Waals surface area contributed by atoms with Gasteiger partial charge in [-0.2, -0.15) is 0 Å². The SMILES string of the molecule is Fc1ccc(-c2csc(Sc3nc4ccccc4s3)n2)cc1. The third-order valence-electron chi connectivity index (χ3n) is 3.07. The Bertz CT molecular complexity index is 895. The van der Waals surface area contributed by atoms with E-state index in [1.807, 2.05) is 23.6 Å². The van der Waals surface area contributed by atoms with E-state index in [2.05, 4.69) is 16.0 Å². The van der Waals surface area contributed by atoms with Gasteiger partial charge in [0.15, 0.2) is 8.68 Å². The molecule has 2 aromatic heterocycles. The summed E-state index contributed by atoms with van der Waals surface area (Å²) >= 11 is 4.82. The molecule has 0 saturated carbocycles. The summed E-state index contributed by atoms with van der Waals surface area (Å²) in [5.74, 6) is -0.233. The lowest BCUT2D eigenvalue weighted by atomic mass is 10.2. The molecule has 0 N–H and O–H groups in total. The highest BCUT2D eigenvalue weighted by molar-refractivity contribution is 8.02. The summed E-state index contributed by atoms with van der Waals surface area (Å²) in [6.45, 7) is 0. The fourth-order valence-electron chi connectivity index (χ4n) is 2.03. The highest BCUT2D eigenvalue weighted by Gasteiger charge is 2.10. The van der Waals surface area contributed by atoms with E-state index in [0.29, 0.717) is 0 Å². The molecular weight excluding hydrogens is 335 g/mol. The quantitative estimate of drug-likeness (QED) is 0.476. The van der Waals surface area contributed by atoms with E-state index in [1.165, 1.54) is 16.8 Å². The van der Waals surface area contributed by atoms with Gasteiger partial charge in [0.1, 0.15) is 5.82 Å². The topological polar surface area (TPSA) is 25.8 Å². The minimum absolute atomic E-state index is 0.233. The van der Waals surface area contributed by atoms with Gasteiger partial charge >= 0.3 is 0 Å². The minimum Gasteiger partial charge on any atom is -0.229 e. The van der Waals surface area contributed by atoms with Crippen molar-refractivity contribution in [3.63, 3.8) is 0 Å². The van der Waals surface area contributed by atoms with Crippen molar-refractivity contribution in [2.24, 2.45) is 0 Å². The first kappa shape index (κ1) is 13.9. The van der Waals surface area contributed by atoms with Crippen LogP contribution in [0, 0.1) is 5.82 Å². The Morgan fingerprint density at radius 1 is 0.909 bits per heavy atom. The van der Waals surface area contributed by atoms with Crippen LogP contribution < -0.4 is 0 Å². The molecule has 0 aliphatic heterocycles. The Hall–Kier alpha value is -1.76. The molecule has 0 saturated heterocycles. The van der Waals surface area contributed by atoms with Crippen LogP contribution in [0.2, 0.25) is 0 Å². The average Bonchev–Trinajstić information content (AvgIpc) is 3.14. The summed E-state index contributed by atoms with van der Waals surface area (Å²) in [6, 6.07) is 14.5. The Kier molecular flexibility index (Phi) is 3.65. The maximum atomic E-state index is 13.0. The number of fused-ring (bicyclic) bond motifs is 1. The van der Waals surface area contributed by atoms with Crippen LogP contribution in [-0.4, -0.2) is 9.97 Å². The van der Waals surface area contributed by atoms with Gasteiger partial charge in [-0.1, -0.05) is 12.1 Å². The maximum Gasteiger partial charge on any atom is 0.158 e. The van der Waals surface area contributed by atoms with Crippen LogP contribution >= 0.6 is 34.4 Å². The van der Waals surface area contributed by atoms with E-state index in [4.69, 9.17) is 0 Å². The van der Waals surface area contributed by atoms with Gasteiger partial charge in [0.05, 0.1) is 15.9 Å². The van der Waals surface area contributed by atoms with Crippen LogP contribution in [-0.2, 0) is 0 Å². The summed E-state index contributed by atoms with van der Waals surface area (Å²) in [4.78, 5) is 9.20. The number of rotatable bonds is 3. The Morgan fingerprint density at radius 3 is 2.55 bits per heavy atom. The third kappa shape index (κ3) is 2.77. The number of thiazole rings is 2. The number of hydrogen-bond acceptors (Lipinski definition) is 5. The first-order chi connectivity index (χ1) is 10.8. The molecule has 6 heteroatoms. The fourth-order valence-corrected chi connectivity index (χ4v) is 5.12. The van der Waals surface area contributed by atoms with Crippen molar-refractivity contribution in [3.05, 3.63) is 59.7 Å². The molecule has 0 spiro atoms. The second kappa shape index (κ2) is 5.79. The van der Waals surface area contributed by atoms with E-state index >= 15 is 0 Å². The van der Waals surface area contributed by atoms with E-state index in [-0.39, 0.29) is 5.82 Å². The lowest BCUT2D eigenvalue weighted by molar-refractivity contribution is 0.628. The van der Waals surface area contributed by atoms with E-state index in [9.17, 15) is 4.39 Å². The molecule has 0 aliphatic rings. The van der Waals surface area contributed by atoms with E-state index in [0.717, 1.165) is 25.5 Å². The molecule has 0 fully saturated rings. The summed E-state index contributed by atoms with van der Waals surface area (Å²) in [7, 11) is 0. The largest absolute Gasteiger partial charge is 0.229 e. The van der Waals surface area contributed by atoms with Gasteiger partial charge in [-0.3, -0.25) is 0 Å². The average molecular weight is 344 g/mol. The number of aromatic nitrogens is 2. The summed E-state index contributed by atoms with van der Waals surface area (Å²) in [5.41, 5.74) is 2.81. The molecule has 0 unspecified atom stereocenters. The molecule has 0 atom stereocenters. The van der Waals surface area contributed by atoms with Gasteiger partial charge in [0.25, 0.3) is 0 Å². The van der Waals surface area contributed by atoms with Crippen molar-refractivity contribution in [1.82, 2.24) is 9.97 Å². The van der Waals surface area contributed by atoms with Crippen LogP contribution in [0.25, 0.3) is 21.5 Å². The molecule has 2 heterocycles. The van der Waals surface area contributed by atoms with Gasteiger partial charge in [0.2, 0.25) is 0 Å². The number of para-hydroxylation sites is 1. The summed E-state index contributed by atoms with van der Waals surface area (Å²) < 4.78 is 16.1.